The molecule has 0 aliphatic carbocycles. The van der Waals surface area contributed by atoms with E-state index in [1.165, 1.54) is 0 Å². The van der Waals surface area contributed by atoms with Crippen LogP contribution in [0.25, 0.3) is 0 Å². The zero-order valence-corrected chi connectivity index (χ0v) is 9.61. The Morgan fingerprint density at radius 3 is 2.80 bits per heavy atom. The van der Waals surface area contributed by atoms with Gasteiger partial charge in [-0.3, -0.25) is 4.79 Å². The lowest BCUT2D eigenvalue weighted by atomic mass is 10.2. The highest BCUT2D eigenvalue weighted by Gasteiger charge is 2.01. The molecule has 0 radical (unpaired) electrons. The zero-order valence-electron chi connectivity index (χ0n) is 8.09. The van der Waals surface area contributed by atoms with Gasteiger partial charge in [-0.25, -0.2) is 0 Å². The molecule has 1 rings (SSSR count). The van der Waals surface area contributed by atoms with E-state index < -0.39 is 0 Å². The van der Waals surface area contributed by atoms with Crippen molar-refractivity contribution in [2.75, 3.05) is 6.54 Å². The second-order valence-electron chi connectivity index (χ2n) is 3.13. The van der Waals surface area contributed by atoms with E-state index in [1.54, 1.807) is 18.2 Å². The van der Waals surface area contributed by atoms with E-state index in [4.69, 9.17) is 28.9 Å². The Kier molecular flexibility index (Phi) is 4.88. The van der Waals surface area contributed by atoms with Gasteiger partial charge in [0.05, 0.1) is 0 Å². The summed E-state index contributed by atoms with van der Waals surface area (Å²) in [4.78, 5) is 10.5. The molecule has 0 aliphatic heterocycles. The molecule has 1 aromatic carbocycles. The third kappa shape index (κ3) is 4.51. The molecule has 0 bridgehead atoms. The number of halogens is 2. The lowest BCUT2D eigenvalue weighted by Gasteiger charge is -2.06. The second-order valence-corrected chi connectivity index (χ2v) is 3.97. The van der Waals surface area contributed by atoms with E-state index in [1.807, 2.05) is 0 Å². The summed E-state index contributed by atoms with van der Waals surface area (Å²) in [5, 5.41) is 4.36. The van der Waals surface area contributed by atoms with Crippen LogP contribution in [0.2, 0.25) is 10.0 Å². The van der Waals surface area contributed by atoms with Crippen LogP contribution >= 0.6 is 23.2 Å². The molecule has 15 heavy (non-hydrogen) atoms. The summed E-state index contributed by atoms with van der Waals surface area (Å²) >= 11 is 11.8. The van der Waals surface area contributed by atoms with E-state index in [2.05, 4.69) is 5.32 Å². The molecule has 0 fully saturated rings. The van der Waals surface area contributed by atoms with Crippen molar-refractivity contribution in [2.24, 2.45) is 5.73 Å². The highest BCUT2D eigenvalue weighted by atomic mass is 35.5. The van der Waals surface area contributed by atoms with E-state index in [0.717, 1.165) is 5.56 Å². The minimum atomic E-state index is -0.320. The van der Waals surface area contributed by atoms with E-state index >= 15 is 0 Å². The van der Waals surface area contributed by atoms with Crippen LogP contribution in [0.15, 0.2) is 18.2 Å². The van der Waals surface area contributed by atoms with E-state index in [9.17, 15) is 4.79 Å². The average Bonchev–Trinajstić information content (AvgIpc) is 2.17. The molecule has 0 aliphatic rings. The van der Waals surface area contributed by atoms with Gasteiger partial charge in [0.2, 0.25) is 5.91 Å². The molecule has 82 valence electrons. The number of hydrogen-bond acceptors (Lipinski definition) is 2. The molecule has 3 nitrogen and oxygen atoms in total. The molecule has 0 aromatic heterocycles. The summed E-state index contributed by atoms with van der Waals surface area (Å²) in [5.41, 5.74) is 5.91. The zero-order chi connectivity index (χ0) is 11.3. The molecule has 0 spiro atoms. The van der Waals surface area contributed by atoms with E-state index in [-0.39, 0.29) is 5.91 Å². The van der Waals surface area contributed by atoms with Crippen LogP contribution in [-0.2, 0) is 11.3 Å². The normalized spacial score (nSPS) is 10.3. The Labute approximate surface area is 98.5 Å². The van der Waals surface area contributed by atoms with Gasteiger partial charge in [-0.05, 0) is 23.8 Å². The maximum Gasteiger partial charge on any atom is 0.218 e. The Bertz CT molecular complexity index is 355. The summed E-state index contributed by atoms with van der Waals surface area (Å²) < 4.78 is 0. The van der Waals surface area contributed by atoms with Gasteiger partial charge >= 0.3 is 0 Å². The van der Waals surface area contributed by atoms with Crippen LogP contribution in [0.1, 0.15) is 12.0 Å². The summed E-state index contributed by atoms with van der Waals surface area (Å²) in [5.74, 6) is -0.320. The number of rotatable bonds is 5. The third-order valence-corrected chi connectivity index (χ3v) is 2.48. The van der Waals surface area contributed by atoms with Crippen molar-refractivity contribution in [1.82, 2.24) is 5.32 Å². The fourth-order valence-electron chi connectivity index (χ4n) is 1.11. The van der Waals surface area contributed by atoms with Crippen molar-refractivity contribution in [1.29, 1.82) is 0 Å². The first-order valence-corrected chi connectivity index (χ1v) is 5.28. The number of hydrogen-bond donors (Lipinski definition) is 2. The molecule has 1 aromatic rings. The van der Waals surface area contributed by atoms with Crippen molar-refractivity contribution in [2.45, 2.75) is 13.0 Å². The van der Waals surface area contributed by atoms with Crippen molar-refractivity contribution in [3.63, 3.8) is 0 Å². The van der Waals surface area contributed by atoms with Gasteiger partial charge in [0, 0.05) is 29.6 Å². The standard InChI is InChI=1S/C10H12Cl2N2O/c11-8-1-2-9(12)7(5-8)6-14-4-3-10(13)15/h1-2,5,14H,3-4,6H2,(H2,13,15). The SMILES string of the molecule is NC(=O)CCNCc1cc(Cl)ccc1Cl. The number of nitrogens with two attached hydrogens (primary N) is 1. The van der Waals surface area contributed by atoms with Gasteiger partial charge in [-0.15, -0.1) is 0 Å². The molecule has 0 atom stereocenters. The van der Waals surface area contributed by atoms with Crippen molar-refractivity contribution >= 4 is 29.1 Å². The van der Waals surface area contributed by atoms with Crippen LogP contribution in [0, 0.1) is 0 Å². The molecule has 5 heteroatoms. The predicted molar refractivity (Wildman–Crippen MR) is 62.0 cm³/mol. The van der Waals surface area contributed by atoms with Gasteiger partial charge in [-0.2, -0.15) is 0 Å². The Morgan fingerprint density at radius 2 is 2.13 bits per heavy atom. The number of carbonyl (C=O) groups excluding carboxylic acids is 1. The van der Waals surface area contributed by atoms with Gasteiger partial charge < -0.3 is 11.1 Å². The van der Waals surface area contributed by atoms with Crippen LogP contribution in [0.4, 0.5) is 0 Å². The first kappa shape index (κ1) is 12.3. The molecule has 3 N–H and O–H groups in total. The van der Waals surface area contributed by atoms with Crippen molar-refractivity contribution < 1.29 is 4.79 Å². The molecular formula is C10H12Cl2N2O. The first-order chi connectivity index (χ1) is 7.09. The Hall–Kier alpha value is -0.770. The van der Waals surface area contributed by atoms with E-state index in [0.29, 0.717) is 29.6 Å². The molecule has 0 saturated heterocycles. The number of carbonyl (C=O) groups is 1. The second kappa shape index (κ2) is 5.95. The Morgan fingerprint density at radius 1 is 1.40 bits per heavy atom. The smallest absolute Gasteiger partial charge is 0.218 e. The average molecular weight is 247 g/mol. The van der Waals surface area contributed by atoms with Crippen LogP contribution < -0.4 is 11.1 Å². The quantitative estimate of drug-likeness (QED) is 0.781. The largest absolute Gasteiger partial charge is 0.370 e. The van der Waals surface area contributed by atoms with Crippen LogP contribution in [0.5, 0.6) is 0 Å². The molecular weight excluding hydrogens is 235 g/mol. The maximum atomic E-state index is 10.5. The third-order valence-electron chi connectivity index (χ3n) is 1.87. The monoisotopic (exact) mass is 246 g/mol. The van der Waals surface area contributed by atoms with Gasteiger partial charge in [0.1, 0.15) is 0 Å². The van der Waals surface area contributed by atoms with Crippen LogP contribution in [0.3, 0.4) is 0 Å². The highest BCUT2D eigenvalue weighted by Crippen LogP contribution is 2.20. The minimum Gasteiger partial charge on any atom is -0.370 e. The van der Waals surface area contributed by atoms with Gasteiger partial charge in [0.25, 0.3) is 0 Å². The molecule has 0 saturated carbocycles. The lowest BCUT2D eigenvalue weighted by molar-refractivity contribution is -0.117. The summed E-state index contributed by atoms with van der Waals surface area (Å²) in [6, 6.07) is 5.27. The van der Waals surface area contributed by atoms with Crippen molar-refractivity contribution in [3.8, 4) is 0 Å². The minimum absolute atomic E-state index is 0.318. The summed E-state index contributed by atoms with van der Waals surface area (Å²) in [6.45, 7) is 1.12. The first-order valence-electron chi connectivity index (χ1n) is 4.52. The summed E-state index contributed by atoms with van der Waals surface area (Å²) in [6.07, 6.45) is 0.318. The maximum absolute atomic E-state index is 10.5. The van der Waals surface area contributed by atoms with Crippen molar-refractivity contribution in [3.05, 3.63) is 33.8 Å². The van der Waals surface area contributed by atoms with Crippen LogP contribution in [-0.4, -0.2) is 12.5 Å². The highest BCUT2D eigenvalue weighted by molar-refractivity contribution is 6.33. The molecule has 0 unspecified atom stereocenters. The lowest BCUT2D eigenvalue weighted by Crippen LogP contribution is -2.21. The fourth-order valence-corrected chi connectivity index (χ4v) is 1.49. The Balaban J connectivity index is 2.43. The molecule has 0 heterocycles. The summed E-state index contributed by atoms with van der Waals surface area (Å²) in [7, 11) is 0. The van der Waals surface area contributed by atoms with Gasteiger partial charge in [0.15, 0.2) is 0 Å². The number of benzene rings is 1. The number of primary amides is 1. The fraction of sp³-hybridized carbons (Fsp3) is 0.300. The molecule has 1 amide bonds. The number of amides is 1. The topological polar surface area (TPSA) is 55.1 Å². The van der Waals surface area contributed by atoms with Gasteiger partial charge in [-0.1, -0.05) is 23.2 Å². The predicted octanol–water partition coefficient (Wildman–Crippen LogP) is 1.96. The number of nitrogens with one attached hydrogen (secondary N) is 1.